The third kappa shape index (κ3) is 3.60. The molecule has 0 bridgehead atoms. The molecule has 1 aliphatic heterocycles. The molecule has 1 heterocycles. The Labute approximate surface area is 142 Å². The van der Waals surface area contributed by atoms with Crippen molar-refractivity contribution in [3.63, 3.8) is 0 Å². The highest BCUT2D eigenvalue weighted by molar-refractivity contribution is 5.94. The number of piperidine rings is 1. The Morgan fingerprint density at radius 1 is 1.12 bits per heavy atom. The molecular weight excluding hydrogens is 302 g/mol. The van der Waals surface area contributed by atoms with Crippen molar-refractivity contribution in [2.24, 2.45) is 5.92 Å². The number of phenolic OH excluding ortho intramolecular Hbond substituents is 1. The SMILES string of the molecule is Cc1cc(O)cc(C(=O)N2CCC(C(O)c3ccccc3)CC2)c1. The van der Waals surface area contributed by atoms with Crippen LogP contribution in [0.2, 0.25) is 0 Å². The van der Waals surface area contributed by atoms with Crippen molar-refractivity contribution in [1.82, 2.24) is 4.90 Å². The first-order valence-corrected chi connectivity index (χ1v) is 8.37. The lowest BCUT2D eigenvalue weighted by Crippen LogP contribution is -2.39. The molecule has 3 rings (SSSR count). The Kier molecular flexibility index (Phi) is 4.86. The normalized spacial score (nSPS) is 16.8. The molecule has 1 saturated heterocycles. The van der Waals surface area contributed by atoms with Crippen LogP contribution < -0.4 is 0 Å². The van der Waals surface area contributed by atoms with Crippen molar-refractivity contribution >= 4 is 5.91 Å². The maximum Gasteiger partial charge on any atom is 0.253 e. The Bertz CT molecular complexity index is 686. The van der Waals surface area contributed by atoms with Crippen LogP contribution in [0.1, 0.15) is 40.4 Å². The van der Waals surface area contributed by atoms with Crippen molar-refractivity contribution in [3.05, 3.63) is 65.2 Å². The van der Waals surface area contributed by atoms with E-state index in [1.165, 1.54) is 6.07 Å². The van der Waals surface area contributed by atoms with E-state index in [1.54, 1.807) is 12.1 Å². The van der Waals surface area contributed by atoms with Crippen LogP contribution >= 0.6 is 0 Å². The standard InChI is InChI=1S/C20H23NO3/c1-14-11-17(13-18(22)12-14)20(24)21-9-7-16(8-10-21)19(23)15-5-3-2-4-6-15/h2-6,11-13,16,19,22-23H,7-10H2,1H3. The van der Waals surface area contributed by atoms with Crippen LogP contribution in [-0.2, 0) is 0 Å². The van der Waals surface area contributed by atoms with E-state index in [-0.39, 0.29) is 17.6 Å². The summed E-state index contributed by atoms with van der Waals surface area (Å²) in [4.78, 5) is 14.4. The van der Waals surface area contributed by atoms with Gasteiger partial charge in [0.1, 0.15) is 5.75 Å². The number of benzene rings is 2. The van der Waals surface area contributed by atoms with Gasteiger partial charge in [-0.3, -0.25) is 4.79 Å². The van der Waals surface area contributed by atoms with Crippen LogP contribution in [0.25, 0.3) is 0 Å². The third-order valence-electron chi connectivity index (χ3n) is 4.72. The number of hydrogen-bond donors (Lipinski definition) is 2. The average Bonchev–Trinajstić information content (AvgIpc) is 2.60. The molecular formula is C20H23NO3. The molecule has 1 fully saturated rings. The Hall–Kier alpha value is -2.33. The van der Waals surface area contributed by atoms with Crippen molar-refractivity contribution in [2.75, 3.05) is 13.1 Å². The summed E-state index contributed by atoms with van der Waals surface area (Å²) in [6.45, 7) is 3.11. The van der Waals surface area contributed by atoms with Gasteiger partial charge >= 0.3 is 0 Å². The molecule has 24 heavy (non-hydrogen) atoms. The van der Waals surface area contributed by atoms with Gasteiger partial charge in [0.25, 0.3) is 5.91 Å². The van der Waals surface area contributed by atoms with E-state index in [0.717, 1.165) is 24.0 Å². The van der Waals surface area contributed by atoms with Crippen LogP contribution in [0.4, 0.5) is 0 Å². The van der Waals surface area contributed by atoms with Gasteiger partial charge in [-0.1, -0.05) is 30.3 Å². The van der Waals surface area contributed by atoms with Crippen molar-refractivity contribution < 1.29 is 15.0 Å². The average molecular weight is 325 g/mol. The number of hydrogen-bond acceptors (Lipinski definition) is 3. The number of aliphatic hydroxyl groups is 1. The second kappa shape index (κ2) is 7.05. The van der Waals surface area contributed by atoms with Gasteiger partial charge in [0.05, 0.1) is 6.10 Å². The van der Waals surface area contributed by atoms with Gasteiger partial charge in [0.2, 0.25) is 0 Å². The molecule has 1 aliphatic rings. The molecule has 2 aromatic carbocycles. The van der Waals surface area contributed by atoms with Gasteiger partial charge in [-0.25, -0.2) is 0 Å². The third-order valence-corrected chi connectivity index (χ3v) is 4.72. The second-order valence-corrected chi connectivity index (χ2v) is 6.54. The van der Waals surface area contributed by atoms with Gasteiger partial charge in [-0.2, -0.15) is 0 Å². The zero-order valence-corrected chi connectivity index (χ0v) is 13.9. The largest absolute Gasteiger partial charge is 0.508 e. The Morgan fingerprint density at radius 3 is 2.42 bits per heavy atom. The highest BCUT2D eigenvalue weighted by Gasteiger charge is 2.28. The summed E-state index contributed by atoms with van der Waals surface area (Å²) >= 11 is 0. The molecule has 0 saturated carbocycles. The number of carbonyl (C=O) groups excluding carboxylic acids is 1. The number of nitrogens with zero attached hydrogens (tertiary/aromatic N) is 1. The van der Waals surface area contributed by atoms with E-state index in [4.69, 9.17) is 0 Å². The maximum absolute atomic E-state index is 12.6. The zero-order valence-electron chi connectivity index (χ0n) is 13.9. The van der Waals surface area contributed by atoms with E-state index in [1.807, 2.05) is 42.2 Å². The van der Waals surface area contributed by atoms with E-state index in [0.29, 0.717) is 18.7 Å². The molecule has 1 amide bonds. The number of carbonyl (C=O) groups is 1. The number of aliphatic hydroxyl groups excluding tert-OH is 1. The molecule has 0 aromatic heterocycles. The minimum Gasteiger partial charge on any atom is -0.508 e. The summed E-state index contributed by atoms with van der Waals surface area (Å²) in [6.07, 6.45) is 1.07. The molecule has 4 nitrogen and oxygen atoms in total. The summed E-state index contributed by atoms with van der Waals surface area (Å²) in [5.74, 6) is 0.233. The molecule has 1 atom stereocenters. The highest BCUT2D eigenvalue weighted by atomic mass is 16.3. The predicted molar refractivity (Wildman–Crippen MR) is 92.9 cm³/mol. The van der Waals surface area contributed by atoms with Crippen LogP contribution in [0.15, 0.2) is 48.5 Å². The summed E-state index contributed by atoms with van der Waals surface area (Å²) < 4.78 is 0. The zero-order chi connectivity index (χ0) is 17.1. The molecule has 0 radical (unpaired) electrons. The molecule has 0 aliphatic carbocycles. The van der Waals surface area contributed by atoms with E-state index < -0.39 is 6.10 Å². The lowest BCUT2D eigenvalue weighted by Gasteiger charge is -2.34. The topological polar surface area (TPSA) is 60.8 Å². The summed E-state index contributed by atoms with van der Waals surface area (Å²) in [5, 5.41) is 20.2. The van der Waals surface area contributed by atoms with Gasteiger partial charge in [-0.05, 0) is 55.0 Å². The highest BCUT2D eigenvalue weighted by Crippen LogP contribution is 2.31. The van der Waals surface area contributed by atoms with Gasteiger partial charge in [0.15, 0.2) is 0 Å². The molecule has 126 valence electrons. The lowest BCUT2D eigenvalue weighted by molar-refractivity contribution is 0.0462. The fourth-order valence-electron chi connectivity index (χ4n) is 3.41. The van der Waals surface area contributed by atoms with Crippen molar-refractivity contribution in [1.29, 1.82) is 0 Å². The first kappa shape index (κ1) is 16.5. The van der Waals surface area contributed by atoms with Crippen LogP contribution in [0, 0.1) is 12.8 Å². The molecule has 1 unspecified atom stereocenters. The van der Waals surface area contributed by atoms with E-state index >= 15 is 0 Å². The fraction of sp³-hybridized carbons (Fsp3) is 0.350. The smallest absolute Gasteiger partial charge is 0.253 e. The predicted octanol–water partition coefficient (Wildman–Crippen LogP) is 3.29. The van der Waals surface area contributed by atoms with Gasteiger partial charge < -0.3 is 15.1 Å². The quantitative estimate of drug-likeness (QED) is 0.910. The van der Waals surface area contributed by atoms with Crippen LogP contribution in [0.3, 0.4) is 0 Å². The van der Waals surface area contributed by atoms with E-state index in [2.05, 4.69) is 0 Å². The number of aryl methyl sites for hydroxylation is 1. The van der Waals surface area contributed by atoms with E-state index in [9.17, 15) is 15.0 Å². The fourth-order valence-corrected chi connectivity index (χ4v) is 3.41. The minimum atomic E-state index is -0.480. The maximum atomic E-state index is 12.6. The first-order chi connectivity index (χ1) is 11.5. The number of amides is 1. The lowest BCUT2D eigenvalue weighted by atomic mass is 9.87. The number of rotatable bonds is 3. The first-order valence-electron chi connectivity index (χ1n) is 8.37. The van der Waals surface area contributed by atoms with Gasteiger partial charge in [0, 0.05) is 18.7 Å². The molecule has 4 heteroatoms. The molecule has 2 aromatic rings. The van der Waals surface area contributed by atoms with Crippen molar-refractivity contribution in [2.45, 2.75) is 25.9 Å². The molecule has 2 N–H and O–H groups in total. The number of aromatic hydroxyl groups is 1. The molecule has 0 spiro atoms. The summed E-state index contributed by atoms with van der Waals surface area (Å²) in [7, 11) is 0. The Balaban J connectivity index is 1.63. The van der Waals surface area contributed by atoms with Crippen LogP contribution in [0.5, 0.6) is 5.75 Å². The van der Waals surface area contributed by atoms with Gasteiger partial charge in [-0.15, -0.1) is 0 Å². The monoisotopic (exact) mass is 325 g/mol. The number of likely N-dealkylation sites (tertiary alicyclic amines) is 1. The summed E-state index contributed by atoms with van der Waals surface area (Å²) in [6, 6.07) is 14.6. The number of phenols is 1. The van der Waals surface area contributed by atoms with Crippen molar-refractivity contribution in [3.8, 4) is 5.75 Å². The minimum absolute atomic E-state index is 0.0540. The summed E-state index contributed by atoms with van der Waals surface area (Å²) in [5.41, 5.74) is 2.33. The Morgan fingerprint density at radius 2 is 1.79 bits per heavy atom. The van der Waals surface area contributed by atoms with Crippen LogP contribution in [-0.4, -0.2) is 34.1 Å². The second-order valence-electron chi connectivity index (χ2n) is 6.54.